The van der Waals surface area contributed by atoms with Gasteiger partial charge in [0.25, 0.3) is 0 Å². The van der Waals surface area contributed by atoms with E-state index in [1.165, 1.54) is 37.7 Å². The molecule has 4 rings (SSSR count). The molecule has 2 saturated carbocycles. The second kappa shape index (κ2) is 7.40. The van der Waals surface area contributed by atoms with Crippen molar-refractivity contribution in [3.8, 4) is 5.75 Å². The van der Waals surface area contributed by atoms with E-state index in [2.05, 4.69) is 44.2 Å². The Balaban J connectivity index is 1.49. The molecule has 0 amide bonds. The number of hydrogen-bond donors (Lipinski definition) is 2. The van der Waals surface area contributed by atoms with E-state index >= 15 is 0 Å². The number of likely N-dealkylation sites (N-methyl/N-ethyl adjacent to an activating group) is 1. The number of nitrogens with one attached hydrogen (secondary N) is 1. The first kappa shape index (κ1) is 19.3. The predicted molar refractivity (Wildman–Crippen MR) is 112 cm³/mol. The molecule has 2 fully saturated rings. The Morgan fingerprint density at radius 2 is 2.04 bits per heavy atom. The molecule has 3 heteroatoms. The Kier molecular flexibility index (Phi) is 5.28. The molecular weight excluding hydrogens is 332 g/mol. The summed E-state index contributed by atoms with van der Waals surface area (Å²) in [5.41, 5.74) is 3.46. The number of benzene rings is 1. The van der Waals surface area contributed by atoms with Crippen LogP contribution in [0.3, 0.4) is 0 Å². The smallest absolute Gasteiger partial charge is 0.115 e. The maximum Gasteiger partial charge on any atom is 0.115 e. The first-order chi connectivity index (χ1) is 12.9. The highest BCUT2D eigenvalue weighted by atomic mass is 16.3. The molecule has 1 aromatic rings. The molecule has 0 radical (unpaired) electrons. The van der Waals surface area contributed by atoms with Gasteiger partial charge in [-0.2, -0.15) is 0 Å². The van der Waals surface area contributed by atoms with Gasteiger partial charge in [-0.05, 0) is 112 Å². The summed E-state index contributed by atoms with van der Waals surface area (Å²) in [5, 5.41) is 13.7. The number of rotatable bonds is 5. The molecule has 3 nitrogen and oxygen atoms in total. The third-order valence-corrected chi connectivity index (χ3v) is 8.41. The quantitative estimate of drug-likeness (QED) is 0.806. The molecule has 2 N–H and O–H groups in total. The SMILES string of the molecule is C[C@H](NCCN(C)C)[C@@H]1CC[C@H]2[C@H]3CCc4cc(O)ccc4[C@@H]3CC[C@@]21C. The lowest BCUT2D eigenvalue weighted by molar-refractivity contribution is 0.0181. The van der Waals surface area contributed by atoms with Gasteiger partial charge in [0.05, 0.1) is 0 Å². The number of fused-ring (bicyclic) bond motifs is 5. The predicted octanol–water partition coefficient (Wildman–Crippen LogP) is 4.40. The van der Waals surface area contributed by atoms with Gasteiger partial charge in [-0.15, -0.1) is 0 Å². The second-order valence-electron chi connectivity index (χ2n) is 10.1. The van der Waals surface area contributed by atoms with E-state index in [0.717, 1.165) is 43.2 Å². The van der Waals surface area contributed by atoms with Crippen LogP contribution in [-0.4, -0.2) is 43.2 Å². The van der Waals surface area contributed by atoms with Crippen molar-refractivity contribution in [2.45, 2.75) is 64.3 Å². The van der Waals surface area contributed by atoms with Crippen molar-refractivity contribution >= 4 is 0 Å². The van der Waals surface area contributed by atoms with Gasteiger partial charge in [0.15, 0.2) is 0 Å². The van der Waals surface area contributed by atoms with E-state index in [9.17, 15) is 5.11 Å². The van der Waals surface area contributed by atoms with Gasteiger partial charge in [-0.3, -0.25) is 0 Å². The molecule has 6 atom stereocenters. The highest BCUT2D eigenvalue weighted by Crippen LogP contribution is 2.63. The molecule has 150 valence electrons. The number of aromatic hydroxyl groups is 1. The maximum atomic E-state index is 9.87. The molecule has 3 aliphatic rings. The van der Waals surface area contributed by atoms with Crippen molar-refractivity contribution in [3.63, 3.8) is 0 Å². The van der Waals surface area contributed by atoms with Gasteiger partial charge < -0.3 is 15.3 Å². The topological polar surface area (TPSA) is 35.5 Å². The van der Waals surface area contributed by atoms with Crippen LogP contribution in [0.2, 0.25) is 0 Å². The fourth-order valence-corrected chi connectivity index (χ4v) is 7.09. The van der Waals surface area contributed by atoms with Crippen molar-refractivity contribution in [2.24, 2.45) is 23.2 Å². The van der Waals surface area contributed by atoms with E-state index in [4.69, 9.17) is 0 Å². The lowest BCUT2D eigenvalue weighted by atomic mass is 9.53. The molecule has 0 saturated heterocycles. The largest absolute Gasteiger partial charge is 0.508 e. The van der Waals surface area contributed by atoms with E-state index in [1.54, 1.807) is 5.56 Å². The summed E-state index contributed by atoms with van der Waals surface area (Å²) in [6, 6.07) is 6.77. The number of hydrogen-bond acceptors (Lipinski definition) is 3. The van der Waals surface area contributed by atoms with E-state index in [-0.39, 0.29) is 0 Å². The Labute approximate surface area is 165 Å². The lowest BCUT2D eigenvalue weighted by Gasteiger charge is -2.52. The average molecular weight is 371 g/mol. The molecule has 0 bridgehead atoms. The molecule has 0 aromatic heterocycles. The minimum absolute atomic E-state index is 0.436. The summed E-state index contributed by atoms with van der Waals surface area (Å²) >= 11 is 0. The normalized spacial score (nSPS) is 36.2. The van der Waals surface area contributed by atoms with Crippen molar-refractivity contribution in [2.75, 3.05) is 27.2 Å². The first-order valence-corrected chi connectivity index (χ1v) is 11.1. The third kappa shape index (κ3) is 3.42. The Morgan fingerprint density at radius 3 is 2.81 bits per heavy atom. The number of phenolic OH excluding ortho intramolecular Hbond substituents is 1. The summed E-state index contributed by atoms with van der Waals surface area (Å²) < 4.78 is 0. The van der Waals surface area contributed by atoms with Gasteiger partial charge in [0.2, 0.25) is 0 Å². The van der Waals surface area contributed by atoms with Crippen LogP contribution in [0.25, 0.3) is 0 Å². The van der Waals surface area contributed by atoms with Gasteiger partial charge >= 0.3 is 0 Å². The van der Waals surface area contributed by atoms with Crippen molar-refractivity contribution < 1.29 is 5.11 Å². The fourth-order valence-electron chi connectivity index (χ4n) is 7.09. The minimum atomic E-state index is 0.436. The molecule has 3 aliphatic carbocycles. The van der Waals surface area contributed by atoms with Crippen LogP contribution < -0.4 is 5.32 Å². The van der Waals surface area contributed by atoms with E-state index < -0.39 is 0 Å². The second-order valence-corrected chi connectivity index (χ2v) is 10.1. The zero-order valence-electron chi connectivity index (χ0n) is 17.7. The highest BCUT2D eigenvalue weighted by molar-refractivity contribution is 5.40. The van der Waals surface area contributed by atoms with Gasteiger partial charge in [-0.1, -0.05) is 13.0 Å². The molecular formula is C24H38N2O. The molecule has 1 aromatic carbocycles. The average Bonchev–Trinajstić information content (AvgIpc) is 2.98. The summed E-state index contributed by atoms with van der Waals surface area (Å²) in [4.78, 5) is 2.27. The summed E-state index contributed by atoms with van der Waals surface area (Å²) in [7, 11) is 4.31. The van der Waals surface area contributed by atoms with Crippen LogP contribution in [0.15, 0.2) is 18.2 Å². The standard InChI is InChI=1S/C24H38N2O/c1-16(25-13-14-26(3)4)22-9-10-23-21-7-5-17-15-18(27)6-8-19(17)20(21)11-12-24(22,23)2/h6,8,15-16,20-23,25,27H,5,7,9-14H2,1-4H3/t16-,20-,21-,22-,23-,24+/m0/s1. The van der Waals surface area contributed by atoms with Gasteiger partial charge in [0, 0.05) is 19.1 Å². The Morgan fingerprint density at radius 1 is 1.22 bits per heavy atom. The van der Waals surface area contributed by atoms with Crippen LogP contribution in [0.4, 0.5) is 0 Å². The van der Waals surface area contributed by atoms with Crippen molar-refractivity contribution in [1.82, 2.24) is 10.2 Å². The fraction of sp³-hybridized carbons (Fsp3) is 0.750. The maximum absolute atomic E-state index is 9.87. The zero-order valence-corrected chi connectivity index (χ0v) is 17.7. The lowest BCUT2D eigenvalue weighted by Crippen LogP contribution is -2.48. The van der Waals surface area contributed by atoms with Crippen LogP contribution in [0, 0.1) is 23.2 Å². The van der Waals surface area contributed by atoms with E-state index in [0.29, 0.717) is 17.2 Å². The van der Waals surface area contributed by atoms with E-state index in [1.807, 2.05) is 12.1 Å². The monoisotopic (exact) mass is 370 g/mol. The zero-order chi connectivity index (χ0) is 19.2. The van der Waals surface area contributed by atoms with Crippen LogP contribution in [-0.2, 0) is 6.42 Å². The number of nitrogens with zero attached hydrogens (tertiary/aromatic N) is 1. The Bertz CT molecular complexity index is 672. The van der Waals surface area contributed by atoms with Gasteiger partial charge in [-0.25, -0.2) is 0 Å². The number of phenols is 1. The van der Waals surface area contributed by atoms with Crippen molar-refractivity contribution in [3.05, 3.63) is 29.3 Å². The van der Waals surface area contributed by atoms with Crippen LogP contribution >= 0.6 is 0 Å². The van der Waals surface area contributed by atoms with Crippen LogP contribution in [0.5, 0.6) is 5.75 Å². The third-order valence-electron chi connectivity index (χ3n) is 8.41. The molecule has 0 aliphatic heterocycles. The van der Waals surface area contributed by atoms with Crippen LogP contribution in [0.1, 0.15) is 63.0 Å². The van der Waals surface area contributed by atoms with Gasteiger partial charge in [0.1, 0.15) is 5.75 Å². The molecule has 0 heterocycles. The molecule has 0 unspecified atom stereocenters. The molecule has 0 spiro atoms. The highest BCUT2D eigenvalue weighted by Gasteiger charge is 2.55. The minimum Gasteiger partial charge on any atom is -0.508 e. The Hall–Kier alpha value is -1.06. The molecule has 27 heavy (non-hydrogen) atoms. The summed E-state index contributed by atoms with van der Waals surface area (Å²) in [5.74, 6) is 3.70. The summed E-state index contributed by atoms with van der Waals surface area (Å²) in [6.45, 7) is 7.25. The number of aryl methyl sites for hydroxylation is 1. The van der Waals surface area contributed by atoms with Crippen molar-refractivity contribution in [1.29, 1.82) is 0 Å². The summed E-state index contributed by atoms with van der Waals surface area (Å²) in [6.07, 6.45) is 7.97. The first-order valence-electron chi connectivity index (χ1n) is 11.1.